The molecule has 0 fully saturated rings. The minimum absolute atomic E-state index is 0.725. The average molecular weight is 147 g/mol. The zero-order chi connectivity index (χ0) is 7.90. The second kappa shape index (κ2) is 1.92. The minimum Gasteiger partial charge on any atom is -0.223 e. The molecule has 0 saturated carbocycles. The van der Waals surface area contributed by atoms with Gasteiger partial charge in [-0.3, -0.25) is 0 Å². The Balaban J connectivity index is 2.52. The quantitative estimate of drug-likeness (QED) is 0.463. The molecule has 0 amide bonds. The number of aliphatic imine (C=N–C) groups is 1. The molecule has 1 atom stereocenters. The lowest BCUT2D eigenvalue weighted by Crippen LogP contribution is -2.36. The zero-order valence-electron chi connectivity index (χ0n) is 6.78. The number of quaternary nitrogens is 1. The first-order chi connectivity index (χ1) is 5.21. The molecule has 0 aliphatic carbocycles. The van der Waals surface area contributed by atoms with Crippen LogP contribution >= 0.6 is 0 Å². The van der Waals surface area contributed by atoms with E-state index >= 15 is 0 Å². The molecule has 0 bridgehead atoms. The van der Waals surface area contributed by atoms with Crippen molar-refractivity contribution in [2.45, 2.75) is 6.92 Å². The predicted molar refractivity (Wildman–Crippen MR) is 45.7 cm³/mol. The van der Waals surface area contributed by atoms with Gasteiger partial charge in [0.25, 0.3) is 0 Å². The summed E-state index contributed by atoms with van der Waals surface area (Å²) in [6, 6.07) is 0. The fraction of sp³-hybridized carbons (Fsp3) is 0.222. The van der Waals surface area contributed by atoms with Crippen LogP contribution in [0, 0.1) is 0 Å². The number of hydrogen-bond donors (Lipinski definition) is 0. The molecule has 2 nitrogen and oxygen atoms in total. The molecule has 2 aliphatic heterocycles. The van der Waals surface area contributed by atoms with Gasteiger partial charge in [-0.15, -0.1) is 0 Å². The van der Waals surface area contributed by atoms with Crippen LogP contribution < -0.4 is 0 Å². The molecule has 0 aromatic heterocycles. The second-order valence-corrected chi connectivity index (χ2v) is 3.09. The highest BCUT2D eigenvalue weighted by molar-refractivity contribution is 5.91. The second-order valence-electron chi connectivity index (χ2n) is 3.09. The van der Waals surface area contributed by atoms with Crippen molar-refractivity contribution in [1.29, 1.82) is 0 Å². The summed E-state index contributed by atoms with van der Waals surface area (Å²) in [7, 11) is 2.12. The number of nitrogens with zero attached hydrogens (tertiary/aromatic N) is 2. The summed E-state index contributed by atoms with van der Waals surface area (Å²) in [6.07, 6.45) is 10.4. The lowest BCUT2D eigenvalue weighted by molar-refractivity contribution is -0.703. The minimum atomic E-state index is 0.725. The van der Waals surface area contributed by atoms with E-state index in [1.807, 2.05) is 25.2 Å². The van der Waals surface area contributed by atoms with Gasteiger partial charge in [0.1, 0.15) is 12.4 Å². The normalized spacial score (nSPS) is 33.3. The van der Waals surface area contributed by atoms with Crippen molar-refractivity contribution < 1.29 is 4.48 Å². The summed E-state index contributed by atoms with van der Waals surface area (Å²) in [5, 5.41) is 0. The first-order valence-electron chi connectivity index (χ1n) is 3.71. The Labute approximate surface area is 66.4 Å². The first kappa shape index (κ1) is 6.55. The predicted octanol–water partition coefficient (Wildman–Crippen LogP) is 1.79. The van der Waals surface area contributed by atoms with Gasteiger partial charge < -0.3 is 0 Å². The zero-order valence-corrected chi connectivity index (χ0v) is 6.78. The highest BCUT2D eigenvalue weighted by atomic mass is 15.4. The van der Waals surface area contributed by atoms with Gasteiger partial charge in [0.2, 0.25) is 5.84 Å². The lowest BCUT2D eigenvalue weighted by atomic mass is 10.3. The van der Waals surface area contributed by atoms with Crippen LogP contribution in [0.3, 0.4) is 0 Å². The molecule has 2 aliphatic rings. The van der Waals surface area contributed by atoms with E-state index in [-0.39, 0.29) is 0 Å². The van der Waals surface area contributed by atoms with Gasteiger partial charge in [-0.05, 0) is 19.1 Å². The Kier molecular flexibility index (Phi) is 1.14. The summed E-state index contributed by atoms with van der Waals surface area (Å²) in [5.74, 6) is 1.10. The maximum absolute atomic E-state index is 4.39. The lowest BCUT2D eigenvalue weighted by Gasteiger charge is -2.22. The Morgan fingerprint density at radius 3 is 2.91 bits per heavy atom. The molecule has 0 radical (unpaired) electrons. The molecule has 2 rings (SSSR count). The number of rotatable bonds is 0. The van der Waals surface area contributed by atoms with E-state index in [4.69, 9.17) is 0 Å². The van der Waals surface area contributed by atoms with Crippen LogP contribution in [0.4, 0.5) is 0 Å². The molecule has 56 valence electrons. The van der Waals surface area contributed by atoms with Gasteiger partial charge in [-0.1, -0.05) is 0 Å². The Hall–Kier alpha value is -1.15. The average Bonchev–Trinajstić information content (AvgIpc) is 2.22. The molecule has 0 spiro atoms. The maximum Gasteiger partial charge on any atom is 0.237 e. The highest BCUT2D eigenvalue weighted by Crippen LogP contribution is 2.22. The first-order valence-corrected chi connectivity index (χ1v) is 3.71. The van der Waals surface area contributed by atoms with Crippen molar-refractivity contribution in [3.05, 3.63) is 36.3 Å². The van der Waals surface area contributed by atoms with E-state index in [0.29, 0.717) is 0 Å². The van der Waals surface area contributed by atoms with Crippen LogP contribution in [0.2, 0.25) is 0 Å². The number of allylic oxidation sites excluding steroid dienone is 3. The van der Waals surface area contributed by atoms with Crippen molar-refractivity contribution in [1.82, 2.24) is 0 Å². The highest BCUT2D eigenvalue weighted by Gasteiger charge is 2.29. The summed E-state index contributed by atoms with van der Waals surface area (Å²) in [4.78, 5) is 4.39. The van der Waals surface area contributed by atoms with E-state index < -0.39 is 0 Å². The number of hydrogen-bond acceptors (Lipinski definition) is 1. The summed E-state index contributed by atoms with van der Waals surface area (Å²) in [5.41, 5.74) is 1.10. The van der Waals surface area contributed by atoms with Crippen molar-refractivity contribution in [3.63, 3.8) is 0 Å². The third-order valence-corrected chi connectivity index (χ3v) is 1.99. The molecule has 2 heteroatoms. The Bertz CT molecular complexity index is 308. The molecular formula is C9H11N2+. The molecule has 0 N–H and O–H groups in total. The maximum atomic E-state index is 4.39. The van der Waals surface area contributed by atoms with E-state index in [0.717, 1.165) is 16.0 Å². The van der Waals surface area contributed by atoms with Gasteiger partial charge in [0.15, 0.2) is 0 Å². The van der Waals surface area contributed by atoms with Crippen LogP contribution in [0.15, 0.2) is 41.3 Å². The Morgan fingerprint density at radius 2 is 2.18 bits per heavy atom. The van der Waals surface area contributed by atoms with E-state index in [2.05, 4.69) is 24.4 Å². The van der Waals surface area contributed by atoms with Crippen LogP contribution in [-0.4, -0.2) is 17.4 Å². The molecule has 0 aromatic carbocycles. The summed E-state index contributed by atoms with van der Waals surface area (Å²) in [6.45, 7) is 2.02. The van der Waals surface area contributed by atoms with Crippen LogP contribution in [-0.2, 0) is 0 Å². The van der Waals surface area contributed by atoms with E-state index in [1.54, 1.807) is 0 Å². The van der Waals surface area contributed by atoms with Crippen molar-refractivity contribution in [2.75, 3.05) is 7.05 Å². The topological polar surface area (TPSA) is 12.4 Å². The summed E-state index contributed by atoms with van der Waals surface area (Å²) >= 11 is 0. The van der Waals surface area contributed by atoms with Crippen molar-refractivity contribution in [2.24, 2.45) is 4.99 Å². The van der Waals surface area contributed by atoms with E-state index in [1.165, 1.54) is 0 Å². The molecule has 2 heterocycles. The molecule has 1 unspecified atom stereocenters. The molecule has 11 heavy (non-hydrogen) atoms. The van der Waals surface area contributed by atoms with Crippen LogP contribution in [0.5, 0.6) is 0 Å². The van der Waals surface area contributed by atoms with Gasteiger partial charge in [-0.25, -0.2) is 4.48 Å². The van der Waals surface area contributed by atoms with Crippen LogP contribution in [0.1, 0.15) is 6.92 Å². The summed E-state index contributed by atoms with van der Waals surface area (Å²) < 4.78 is 0.725. The monoisotopic (exact) mass is 147 g/mol. The van der Waals surface area contributed by atoms with E-state index in [9.17, 15) is 0 Å². The fourth-order valence-corrected chi connectivity index (χ4v) is 1.46. The largest absolute Gasteiger partial charge is 0.237 e. The Morgan fingerprint density at radius 1 is 1.36 bits per heavy atom. The number of fused-ring (bicyclic) bond motifs is 1. The van der Waals surface area contributed by atoms with Gasteiger partial charge in [0, 0.05) is 6.08 Å². The smallest absolute Gasteiger partial charge is 0.223 e. The third-order valence-electron chi connectivity index (χ3n) is 1.99. The number of likely N-dealkylation sites (N-methyl/N-ethyl adjacent to an activating group) is 1. The third kappa shape index (κ3) is 0.870. The number of amidine groups is 1. The SMILES string of the molecule is CC1=C[N+]2(C)C=CC=CC2=N1. The van der Waals surface area contributed by atoms with Gasteiger partial charge in [0.05, 0.1) is 12.7 Å². The van der Waals surface area contributed by atoms with Gasteiger partial charge in [-0.2, -0.15) is 4.99 Å². The standard InChI is InChI=1S/C9H11N2/c1-8-7-11(2)6-4-3-5-9(11)10-8/h3-7H,1-2H3/q+1. The van der Waals surface area contributed by atoms with Gasteiger partial charge >= 0.3 is 0 Å². The van der Waals surface area contributed by atoms with Crippen molar-refractivity contribution >= 4 is 5.84 Å². The fourth-order valence-electron chi connectivity index (χ4n) is 1.46. The molecular weight excluding hydrogens is 136 g/mol. The molecule has 0 aromatic rings. The van der Waals surface area contributed by atoms with Crippen molar-refractivity contribution in [3.8, 4) is 0 Å². The molecule has 0 saturated heterocycles. The van der Waals surface area contributed by atoms with Crippen LogP contribution in [0.25, 0.3) is 0 Å².